The highest BCUT2D eigenvalue weighted by Crippen LogP contribution is 2.23. The molecule has 3 aromatic heterocycles. The van der Waals surface area contributed by atoms with Crippen LogP contribution in [0.2, 0.25) is 0 Å². The molecule has 98 valence electrons. The van der Waals surface area contributed by atoms with Gasteiger partial charge in [-0.15, -0.1) is 0 Å². The van der Waals surface area contributed by atoms with Crippen LogP contribution in [0, 0.1) is 6.92 Å². The van der Waals surface area contributed by atoms with Gasteiger partial charge in [0.25, 0.3) is 0 Å². The van der Waals surface area contributed by atoms with Gasteiger partial charge < -0.3 is 15.0 Å². The first-order valence-electron chi connectivity index (χ1n) is 5.49. The van der Waals surface area contributed by atoms with Gasteiger partial charge in [-0.3, -0.25) is 4.57 Å². The van der Waals surface area contributed by atoms with Crippen LogP contribution in [0.3, 0.4) is 0 Å². The van der Waals surface area contributed by atoms with Crippen LogP contribution in [0.15, 0.2) is 10.9 Å². The lowest BCUT2D eigenvalue weighted by molar-refractivity contribution is 0.386. The van der Waals surface area contributed by atoms with E-state index in [1.165, 1.54) is 13.4 Å². The van der Waals surface area contributed by atoms with E-state index in [1.807, 2.05) is 0 Å². The first-order valence-corrected chi connectivity index (χ1v) is 5.49. The standard InChI is InChI=1S/C10H11N7O2/c1-5-14-6(16-19-5)3-17-8-7(15-10(17)11)9(18-2)13-4-12-8/h4H,3H2,1-2H3,(H2,11,15). The lowest BCUT2D eigenvalue weighted by atomic mass is 10.5. The number of anilines is 1. The molecule has 9 heteroatoms. The van der Waals surface area contributed by atoms with Gasteiger partial charge in [0.2, 0.25) is 17.7 Å². The molecule has 0 aromatic carbocycles. The van der Waals surface area contributed by atoms with E-state index in [4.69, 9.17) is 15.0 Å². The van der Waals surface area contributed by atoms with Crippen molar-refractivity contribution < 1.29 is 9.26 Å². The molecule has 0 unspecified atom stereocenters. The quantitative estimate of drug-likeness (QED) is 0.708. The fourth-order valence-corrected chi connectivity index (χ4v) is 1.78. The van der Waals surface area contributed by atoms with E-state index in [0.717, 1.165) is 0 Å². The van der Waals surface area contributed by atoms with E-state index < -0.39 is 0 Å². The Morgan fingerprint density at radius 2 is 2.21 bits per heavy atom. The van der Waals surface area contributed by atoms with Gasteiger partial charge in [0.05, 0.1) is 13.7 Å². The summed E-state index contributed by atoms with van der Waals surface area (Å²) >= 11 is 0. The highest BCUT2D eigenvalue weighted by atomic mass is 16.5. The fraction of sp³-hybridized carbons (Fsp3) is 0.300. The minimum atomic E-state index is 0.288. The number of nitrogens with zero attached hydrogens (tertiary/aromatic N) is 6. The molecule has 0 aliphatic carbocycles. The van der Waals surface area contributed by atoms with E-state index in [0.29, 0.717) is 35.3 Å². The molecule has 0 radical (unpaired) electrons. The summed E-state index contributed by atoms with van der Waals surface area (Å²) in [4.78, 5) is 16.4. The Hall–Kier alpha value is -2.71. The fourth-order valence-electron chi connectivity index (χ4n) is 1.78. The summed E-state index contributed by atoms with van der Waals surface area (Å²) in [6, 6.07) is 0. The highest BCUT2D eigenvalue weighted by molar-refractivity contribution is 5.78. The average molecular weight is 261 g/mol. The maximum Gasteiger partial charge on any atom is 0.245 e. The minimum Gasteiger partial charge on any atom is -0.479 e. The minimum absolute atomic E-state index is 0.288. The summed E-state index contributed by atoms with van der Waals surface area (Å²) in [5.41, 5.74) is 6.94. The van der Waals surface area contributed by atoms with Crippen molar-refractivity contribution in [3.63, 3.8) is 0 Å². The largest absolute Gasteiger partial charge is 0.479 e. The molecule has 0 fully saturated rings. The molecule has 9 nitrogen and oxygen atoms in total. The van der Waals surface area contributed by atoms with Crippen molar-refractivity contribution in [3.05, 3.63) is 18.0 Å². The molecular formula is C10H11N7O2. The van der Waals surface area contributed by atoms with E-state index >= 15 is 0 Å². The summed E-state index contributed by atoms with van der Waals surface area (Å²) < 4.78 is 11.7. The van der Waals surface area contributed by atoms with Gasteiger partial charge in [-0.1, -0.05) is 5.16 Å². The third-order valence-corrected chi connectivity index (χ3v) is 2.59. The lowest BCUT2D eigenvalue weighted by Crippen LogP contribution is -2.06. The third kappa shape index (κ3) is 1.84. The number of ether oxygens (including phenoxy) is 1. The molecule has 3 heterocycles. The maximum absolute atomic E-state index is 5.87. The Morgan fingerprint density at radius 1 is 1.37 bits per heavy atom. The van der Waals surface area contributed by atoms with Crippen molar-refractivity contribution in [2.45, 2.75) is 13.5 Å². The Morgan fingerprint density at radius 3 is 2.89 bits per heavy atom. The van der Waals surface area contributed by atoms with Gasteiger partial charge in [0, 0.05) is 6.92 Å². The number of hydrogen-bond acceptors (Lipinski definition) is 8. The molecule has 0 amide bonds. The SMILES string of the molecule is COc1ncnc2c1nc(N)n2Cc1noc(C)n1. The zero-order valence-corrected chi connectivity index (χ0v) is 10.4. The van der Waals surface area contributed by atoms with Crippen molar-refractivity contribution in [1.29, 1.82) is 0 Å². The molecule has 0 saturated carbocycles. The number of aryl methyl sites for hydroxylation is 1. The normalized spacial score (nSPS) is 11.1. The number of nitrogens with two attached hydrogens (primary N) is 1. The number of imidazole rings is 1. The second-order valence-corrected chi connectivity index (χ2v) is 3.84. The van der Waals surface area contributed by atoms with Crippen LogP contribution in [0.25, 0.3) is 11.2 Å². The van der Waals surface area contributed by atoms with Crippen molar-refractivity contribution in [2.75, 3.05) is 12.8 Å². The molecular weight excluding hydrogens is 250 g/mol. The topological polar surface area (TPSA) is 118 Å². The summed E-state index contributed by atoms with van der Waals surface area (Å²) in [5, 5.41) is 3.82. The summed E-state index contributed by atoms with van der Waals surface area (Å²) in [6.07, 6.45) is 1.39. The monoisotopic (exact) mass is 261 g/mol. The first kappa shape index (κ1) is 11.4. The van der Waals surface area contributed by atoms with E-state index in [2.05, 4.69) is 25.1 Å². The molecule has 0 bridgehead atoms. The van der Waals surface area contributed by atoms with Gasteiger partial charge >= 0.3 is 0 Å². The Labute approximate surface area is 107 Å². The smallest absolute Gasteiger partial charge is 0.245 e. The van der Waals surface area contributed by atoms with E-state index in [9.17, 15) is 0 Å². The lowest BCUT2D eigenvalue weighted by Gasteiger charge is -2.02. The molecule has 0 aliphatic rings. The highest BCUT2D eigenvalue weighted by Gasteiger charge is 2.16. The van der Waals surface area contributed by atoms with E-state index in [1.54, 1.807) is 11.5 Å². The second kappa shape index (κ2) is 4.19. The first-order chi connectivity index (χ1) is 9.19. The van der Waals surface area contributed by atoms with Crippen molar-refractivity contribution >= 4 is 17.1 Å². The van der Waals surface area contributed by atoms with Crippen LogP contribution < -0.4 is 10.5 Å². The van der Waals surface area contributed by atoms with Crippen molar-refractivity contribution in [3.8, 4) is 5.88 Å². The molecule has 3 aromatic rings. The van der Waals surface area contributed by atoms with Crippen LogP contribution in [-0.4, -0.2) is 36.8 Å². The third-order valence-electron chi connectivity index (χ3n) is 2.59. The molecule has 0 saturated heterocycles. The van der Waals surface area contributed by atoms with Crippen molar-refractivity contribution in [1.82, 2.24) is 29.7 Å². The van der Waals surface area contributed by atoms with Crippen LogP contribution >= 0.6 is 0 Å². The predicted molar refractivity (Wildman–Crippen MR) is 64.4 cm³/mol. The zero-order chi connectivity index (χ0) is 13.4. The average Bonchev–Trinajstić information content (AvgIpc) is 2.94. The molecule has 19 heavy (non-hydrogen) atoms. The second-order valence-electron chi connectivity index (χ2n) is 3.84. The molecule has 2 N–H and O–H groups in total. The van der Waals surface area contributed by atoms with Gasteiger partial charge in [0.15, 0.2) is 17.0 Å². The number of fused-ring (bicyclic) bond motifs is 1. The summed E-state index contributed by atoms with van der Waals surface area (Å²) in [5.74, 6) is 1.65. The van der Waals surface area contributed by atoms with Crippen LogP contribution in [-0.2, 0) is 6.54 Å². The number of hydrogen-bond donors (Lipinski definition) is 1. The van der Waals surface area contributed by atoms with E-state index in [-0.39, 0.29) is 5.95 Å². The number of aromatic nitrogens is 6. The number of methoxy groups -OCH3 is 1. The van der Waals surface area contributed by atoms with Gasteiger partial charge in [0.1, 0.15) is 6.33 Å². The van der Waals surface area contributed by atoms with Crippen LogP contribution in [0.4, 0.5) is 5.95 Å². The molecule has 0 aliphatic heterocycles. The van der Waals surface area contributed by atoms with Crippen molar-refractivity contribution in [2.24, 2.45) is 0 Å². The summed E-state index contributed by atoms with van der Waals surface area (Å²) in [6.45, 7) is 2.04. The van der Waals surface area contributed by atoms with Crippen LogP contribution in [0.5, 0.6) is 5.88 Å². The molecule has 3 rings (SSSR count). The molecule has 0 atom stereocenters. The summed E-state index contributed by atoms with van der Waals surface area (Å²) in [7, 11) is 1.51. The van der Waals surface area contributed by atoms with Gasteiger partial charge in [-0.05, 0) is 0 Å². The predicted octanol–water partition coefficient (Wildman–Crippen LogP) is 0.157. The Kier molecular flexibility index (Phi) is 2.51. The zero-order valence-electron chi connectivity index (χ0n) is 10.4. The Balaban J connectivity index is 2.10. The Bertz CT molecular complexity index is 733. The van der Waals surface area contributed by atoms with Crippen LogP contribution in [0.1, 0.15) is 11.7 Å². The maximum atomic E-state index is 5.87. The molecule has 0 spiro atoms. The number of nitrogen functional groups attached to an aromatic ring is 1. The van der Waals surface area contributed by atoms with Gasteiger partial charge in [-0.2, -0.15) is 9.97 Å². The number of rotatable bonds is 3. The van der Waals surface area contributed by atoms with Gasteiger partial charge in [-0.25, -0.2) is 9.97 Å².